The standard InChI is InChI=1S/C12H16ClN5O/c13-12-16-10(9-6-15-18-11(9)17-12)14-5-7-1-3-8(19)4-2-7/h6-8,19H,1-5H2,(H2,14,15,16,17,18). The number of fused-ring (bicyclic) bond motifs is 1. The molecule has 102 valence electrons. The number of aromatic nitrogens is 4. The highest BCUT2D eigenvalue weighted by atomic mass is 35.5. The van der Waals surface area contributed by atoms with Gasteiger partial charge in [-0.1, -0.05) is 0 Å². The van der Waals surface area contributed by atoms with Crippen molar-refractivity contribution in [2.75, 3.05) is 11.9 Å². The lowest BCUT2D eigenvalue weighted by atomic mass is 9.87. The molecule has 3 rings (SSSR count). The van der Waals surface area contributed by atoms with Crippen LogP contribution in [0.1, 0.15) is 25.7 Å². The summed E-state index contributed by atoms with van der Waals surface area (Å²) in [5.41, 5.74) is 0.640. The average Bonchev–Trinajstić information content (AvgIpc) is 2.85. The van der Waals surface area contributed by atoms with Crippen LogP contribution in [0.25, 0.3) is 11.0 Å². The Morgan fingerprint density at radius 2 is 2.11 bits per heavy atom. The number of rotatable bonds is 3. The molecule has 19 heavy (non-hydrogen) atoms. The average molecular weight is 282 g/mol. The number of hydrogen-bond donors (Lipinski definition) is 3. The number of aliphatic hydroxyl groups is 1. The molecule has 1 aliphatic rings. The van der Waals surface area contributed by atoms with Crippen molar-refractivity contribution in [3.63, 3.8) is 0 Å². The van der Waals surface area contributed by atoms with Crippen molar-refractivity contribution >= 4 is 28.5 Å². The van der Waals surface area contributed by atoms with E-state index in [1.807, 2.05) is 0 Å². The first-order valence-corrected chi connectivity index (χ1v) is 6.88. The van der Waals surface area contributed by atoms with E-state index in [-0.39, 0.29) is 11.4 Å². The lowest BCUT2D eigenvalue weighted by Crippen LogP contribution is -2.23. The van der Waals surface area contributed by atoms with Gasteiger partial charge in [0, 0.05) is 6.54 Å². The van der Waals surface area contributed by atoms with Crippen LogP contribution in [0.15, 0.2) is 6.20 Å². The highest BCUT2D eigenvalue weighted by Gasteiger charge is 2.19. The summed E-state index contributed by atoms with van der Waals surface area (Å²) in [6.45, 7) is 0.834. The van der Waals surface area contributed by atoms with Crippen molar-refractivity contribution in [1.29, 1.82) is 0 Å². The Labute approximate surface area is 115 Å². The molecule has 0 unspecified atom stereocenters. The molecule has 3 N–H and O–H groups in total. The van der Waals surface area contributed by atoms with E-state index in [4.69, 9.17) is 11.6 Å². The lowest BCUT2D eigenvalue weighted by molar-refractivity contribution is 0.111. The molecule has 7 heteroatoms. The first-order chi connectivity index (χ1) is 9.22. The second kappa shape index (κ2) is 5.30. The van der Waals surface area contributed by atoms with Gasteiger partial charge in [0.2, 0.25) is 5.28 Å². The van der Waals surface area contributed by atoms with E-state index >= 15 is 0 Å². The van der Waals surface area contributed by atoms with Crippen LogP contribution >= 0.6 is 11.6 Å². The van der Waals surface area contributed by atoms with Gasteiger partial charge in [0.25, 0.3) is 0 Å². The zero-order chi connectivity index (χ0) is 13.2. The van der Waals surface area contributed by atoms with Crippen molar-refractivity contribution in [1.82, 2.24) is 20.2 Å². The monoisotopic (exact) mass is 281 g/mol. The quantitative estimate of drug-likeness (QED) is 0.749. The summed E-state index contributed by atoms with van der Waals surface area (Å²) in [6.07, 6.45) is 5.43. The SMILES string of the molecule is OC1CCC(CNc2nc(Cl)nc3[nH]ncc23)CC1. The lowest BCUT2D eigenvalue weighted by Gasteiger charge is -2.25. The molecule has 0 saturated heterocycles. The molecular formula is C12H16ClN5O. The number of anilines is 1. The van der Waals surface area contributed by atoms with E-state index in [0.29, 0.717) is 11.6 Å². The summed E-state index contributed by atoms with van der Waals surface area (Å²) in [7, 11) is 0. The highest BCUT2D eigenvalue weighted by Crippen LogP contribution is 2.26. The molecule has 1 fully saturated rings. The molecule has 0 radical (unpaired) electrons. The third-order valence-corrected chi connectivity index (χ3v) is 3.83. The Balaban J connectivity index is 1.69. The van der Waals surface area contributed by atoms with Crippen molar-refractivity contribution < 1.29 is 5.11 Å². The molecule has 2 aromatic heterocycles. The van der Waals surface area contributed by atoms with E-state index < -0.39 is 0 Å². The van der Waals surface area contributed by atoms with Gasteiger partial charge in [-0.15, -0.1) is 0 Å². The van der Waals surface area contributed by atoms with Crippen LogP contribution in [-0.4, -0.2) is 37.9 Å². The van der Waals surface area contributed by atoms with Crippen LogP contribution in [0.4, 0.5) is 5.82 Å². The zero-order valence-electron chi connectivity index (χ0n) is 10.4. The second-order valence-corrected chi connectivity index (χ2v) is 5.37. The largest absolute Gasteiger partial charge is 0.393 e. The molecule has 0 bridgehead atoms. The van der Waals surface area contributed by atoms with Gasteiger partial charge < -0.3 is 10.4 Å². The minimum atomic E-state index is -0.120. The summed E-state index contributed by atoms with van der Waals surface area (Å²) >= 11 is 5.88. The van der Waals surface area contributed by atoms with Gasteiger partial charge in [-0.2, -0.15) is 15.1 Å². The van der Waals surface area contributed by atoms with Crippen molar-refractivity contribution in [2.24, 2.45) is 5.92 Å². The number of halogens is 1. The molecular weight excluding hydrogens is 266 g/mol. The predicted molar refractivity (Wildman–Crippen MR) is 73.1 cm³/mol. The number of H-pyrrole nitrogens is 1. The van der Waals surface area contributed by atoms with Crippen molar-refractivity contribution in [3.05, 3.63) is 11.5 Å². The first kappa shape index (κ1) is 12.6. The minimum absolute atomic E-state index is 0.120. The Morgan fingerprint density at radius 1 is 1.32 bits per heavy atom. The fourth-order valence-corrected chi connectivity index (χ4v) is 2.70. The van der Waals surface area contributed by atoms with E-state index in [1.54, 1.807) is 6.20 Å². The van der Waals surface area contributed by atoms with Crippen molar-refractivity contribution in [3.8, 4) is 0 Å². The van der Waals surface area contributed by atoms with Gasteiger partial charge in [-0.3, -0.25) is 5.10 Å². The maximum atomic E-state index is 9.49. The Hall–Kier alpha value is -1.40. The number of nitrogens with zero attached hydrogens (tertiary/aromatic N) is 3. The van der Waals surface area contributed by atoms with Crippen LogP contribution < -0.4 is 5.32 Å². The van der Waals surface area contributed by atoms with E-state index in [1.165, 1.54) is 0 Å². The molecule has 0 aromatic carbocycles. The predicted octanol–water partition coefficient (Wildman–Crippen LogP) is 1.97. The summed E-state index contributed by atoms with van der Waals surface area (Å²) in [5.74, 6) is 1.29. The normalized spacial score (nSPS) is 23.7. The van der Waals surface area contributed by atoms with Gasteiger partial charge in [0.05, 0.1) is 17.7 Å². The molecule has 0 aliphatic heterocycles. The third kappa shape index (κ3) is 2.79. The second-order valence-electron chi connectivity index (χ2n) is 5.03. The fourth-order valence-electron chi connectivity index (χ4n) is 2.53. The Kier molecular flexibility index (Phi) is 3.52. The Morgan fingerprint density at radius 3 is 2.89 bits per heavy atom. The third-order valence-electron chi connectivity index (χ3n) is 3.66. The summed E-state index contributed by atoms with van der Waals surface area (Å²) in [6, 6.07) is 0. The van der Waals surface area contributed by atoms with Gasteiger partial charge in [0.1, 0.15) is 5.82 Å². The summed E-state index contributed by atoms with van der Waals surface area (Å²) in [4.78, 5) is 8.27. The van der Waals surface area contributed by atoms with Gasteiger partial charge in [-0.05, 0) is 43.2 Å². The number of hydrogen-bond acceptors (Lipinski definition) is 5. The molecule has 6 nitrogen and oxygen atoms in total. The molecule has 1 saturated carbocycles. The van der Waals surface area contributed by atoms with Crippen LogP contribution in [0, 0.1) is 5.92 Å². The van der Waals surface area contributed by atoms with Crippen LogP contribution in [0.5, 0.6) is 0 Å². The maximum Gasteiger partial charge on any atom is 0.226 e. The van der Waals surface area contributed by atoms with Crippen LogP contribution in [0.3, 0.4) is 0 Å². The maximum absolute atomic E-state index is 9.49. The smallest absolute Gasteiger partial charge is 0.226 e. The van der Waals surface area contributed by atoms with Crippen LogP contribution in [-0.2, 0) is 0 Å². The highest BCUT2D eigenvalue weighted by molar-refractivity contribution is 6.28. The van der Waals surface area contributed by atoms with E-state index in [0.717, 1.165) is 43.4 Å². The van der Waals surface area contributed by atoms with E-state index in [9.17, 15) is 5.11 Å². The summed E-state index contributed by atoms with van der Waals surface area (Å²) in [5, 5.41) is 20.6. The number of aromatic amines is 1. The molecule has 0 spiro atoms. The molecule has 2 heterocycles. The Bertz CT molecular complexity index is 564. The van der Waals surface area contributed by atoms with E-state index in [2.05, 4.69) is 25.5 Å². The van der Waals surface area contributed by atoms with Crippen molar-refractivity contribution in [2.45, 2.75) is 31.8 Å². The number of aliphatic hydroxyl groups excluding tert-OH is 1. The fraction of sp³-hybridized carbons (Fsp3) is 0.583. The molecule has 1 aliphatic carbocycles. The topological polar surface area (TPSA) is 86.7 Å². The number of nitrogens with one attached hydrogen (secondary N) is 2. The zero-order valence-corrected chi connectivity index (χ0v) is 11.2. The van der Waals surface area contributed by atoms with Crippen LogP contribution in [0.2, 0.25) is 5.28 Å². The van der Waals surface area contributed by atoms with Gasteiger partial charge in [0.15, 0.2) is 5.65 Å². The molecule has 0 atom stereocenters. The van der Waals surface area contributed by atoms with Gasteiger partial charge in [-0.25, -0.2) is 0 Å². The molecule has 0 amide bonds. The first-order valence-electron chi connectivity index (χ1n) is 6.51. The summed E-state index contributed by atoms with van der Waals surface area (Å²) < 4.78 is 0. The molecule has 2 aromatic rings. The van der Waals surface area contributed by atoms with Gasteiger partial charge >= 0.3 is 0 Å². The minimum Gasteiger partial charge on any atom is -0.393 e.